The maximum absolute atomic E-state index is 13.4. The van der Waals surface area contributed by atoms with E-state index in [0.29, 0.717) is 13.2 Å². The van der Waals surface area contributed by atoms with Crippen molar-refractivity contribution >= 4 is 28.3 Å². The van der Waals surface area contributed by atoms with Gasteiger partial charge in [0.25, 0.3) is 5.91 Å². The molecule has 0 radical (unpaired) electrons. The summed E-state index contributed by atoms with van der Waals surface area (Å²) in [5, 5.41) is 4.99. The standard InChI is InChI=1S/C26H25N3O2/c1-26(23-13-7-11-21-10-5-6-12-22(21)23)24(30)29(25(31)27-26)18-28-16-14-20(15-17-28)19-8-3-2-4-9-19/h2-14H,15-18H2,1H3,(H,27,31)/t26-/m0/s1. The van der Waals surface area contributed by atoms with Crippen LogP contribution in [0.15, 0.2) is 78.9 Å². The van der Waals surface area contributed by atoms with E-state index in [9.17, 15) is 9.59 Å². The van der Waals surface area contributed by atoms with Crippen molar-refractivity contribution in [2.24, 2.45) is 0 Å². The third-order valence-corrected chi connectivity index (χ3v) is 6.38. The predicted octanol–water partition coefficient (Wildman–Crippen LogP) is 4.35. The molecule has 1 fully saturated rings. The predicted molar refractivity (Wildman–Crippen MR) is 122 cm³/mol. The molecule has 2 heterocycles. The number of fused-ring (bicyclic) bond motifs is 1. The van der Waals surface area contributed by atoms with Gasteiger partial charge in [-0.15, -0.1) is 0 Å². The first-order chi connectivity index (χ1) is 15.1. The zero-order chi connectivity index (χ0) is 21.4. The maximum Gasteiger partial charge on any atom is 0.326 e. The van der Waals surface area contributed by atoms with Gasteiger partial charge in [-0.25, -0.2) is 9.69 Å². The van der Waals surface area contributed by atoms with Crippen LogP contribution >= 0.6 is 0 Å². The van der Waals surface area contributed by atoms with Gasteiger partial charge in [0.2, 0.25) is 0 Å². The number of benzene rings is 3. The molecule has 1 saturated heterocycles. The lowest BCUT2D eigenvalue weighted by Crippen LogP contribution is -2.45. The van der Waals surface area contributed by atoms with Crippen LogP contribution in [-0.4, -0.2) is 41.5 Å². The third kappa shape index (κ3) is 3.41. The molecule has 0 aliphatic carbocycles. The van der Waals surface area contributed by atoms with Crippen LogP contribution in [0.25, 0.3) is 16.3 Å². The van der Waals surface area contributed by atoms with Crippen LogP contribution in [0.2, 0.25) is 0 Å². The van der Waals surface area contributed by atoms with E-state index < -0.39 is 5.54 Å². The molecule has 0 aromatic heterocycles. The molecular weight excluding hydrogens is 386 g/mol. The van der Waals surface area contributed by atoms with Crippen molar-refractivity contribution in [2.75, 3.05) is 19.8 Å². The Labute approximate surface area is 182 Å². The van der Waals surface area contributed by atoms with Crippen LogP contribution in [-0.2, 0) is 10.3 Å². The Kier molecular flexibility index (Phi) is 4.83. The Bertz CT molecular complexity index is 1180. The van der Waals surface area contributed by atoms with Gasteiger partial charge in [0.05, 0.1) is 6.67 Å². The average Bonchev–Trinajstić information content (AvgIpc) is 3.03. The molecule has 156 valence electrons. The minimum absolute atomic E-state index is 0.202. The first kappa shape index (κ1) is 19.5. The van der Waals surface area contributed by atoms with Crippen LogP contribution in [0.3, 0.4) is 0 Å². The number of hydrogen-bond donors (Lipinski definition) is 1. The second-order valence-corrected chi connectivity index (χ2v) is 8.38. The van der Waals surface area contributed by atoms with E-state index >= 15 is 0 Å². The number of nitrogens with one attached hydrogen (secondary N) is 1. The molecule has 5 heteroatoms. The van der Waals surface area contributed by atoms with E-state index in [4.69, 9.17) is 0 Å². The van der Waals surface area contributed by atoms with E-state index in [-0.39, 0.29) is 11.9 Å². The fraction of sp³-hybridized carbons (Fsp3) is 0.231. The molecule has 31 heavy (non-hydrogen) atoms. The first-order valence-electron chi connectivity index (χ1n) is 10.7. The molecule has 5 nitrogen and oxygen atoms in total. The largest absolute Gasteiger partial charge is 0.326 e. The highest BCUT2D eigenvalue weighted by atomic mass is 16.2. The number of imide groups is 1. The van der Waals surface area contributed by atoms with Crippen molar-refractivity contribution < 1.29 is 9.59 Å². The zero-order valence-electron chi connectivity index (χ0n) is 17.5. The molecule has 2 aliphatic rings. The molecular formula is C26H25N3O2. The minimum atomic E-state index is -1.07. The van der Waals surface area contributed by atoms with Crippen LogP contribution in [0, 0.1) is 0 Å². The molecule has 1 atom stereocenters. The topological polar surface area (TPSA) is 52.7 Å². The summed E-state index contributed by atoms with van der Waals surface area (Å²) in [4.78, 5) is 29.8. The van der Waals surface area contributed by atoms with E-state index in [1.807, 2.05) is 60.7 Å². The molecule has 3 aromatic carbocycles. The highest BCUT2D eigenvalue weighted by Gasteiger charge is 2.49. The fourth-order valence-electron chi connectivity index (χ4n) is 4.62. The lowest BCUT2D eigenvalue weighted by atomic mass is 9.88. The van der Waals surface area contributed by atoms with Gasteiger partial charge in [-0.3, -0.25) is 9.69 Å². The van der Waals surface area contributed by atoms with Gasteiger partial charge < -0.3 is 5.32 Å². The minimum Gasteiger partial charge on any atom is -0.319 e. The summed E-state index contributed by atoms with van der Waals surface area (Å²) in [6, 6.07) is 23.8. The van der Waals surface area contributed by atoms with Gasteiger partial charge in [-0.2, -0.15) is 0 Å². The first-order valence-corrected chi connectivity index (χ1v) is 10.7. The highest BCUT2D eigenvalue weighted by molar-refractivity contribution is 6.09. The van der Waals surface area contributed by atoms with E-state index in [0.717, 1.165) is 29.3 Å². The van der Waals surface area contributed by atoms with Crippen LogP contribution < -0.4 is 5.32 Å². The Morgan fingerprint density at radius 2 is 1.68 bits per heavy atom. The monoisotopic (exact) mass is 411 g/mol. The van der Waals surface area contributed by atoms with Crippen molar-refractivity contribution in [1.82, 2.24) is 15.1 Å². The Balaban J connectivity index is 1.36. The molecule has 2 aliphatic heterocycles. The second-order valence-electron chi connectivity index (χ2n) is 8.38. The van der Waals surface area contributed by atoms with Crippen LogP contribution in [0.5, 0.6) is 0 Å². The van der Waals surface area contributed by atoms with Crippen molar-refractivity contribution in [3.05, 3.63) is 90.0 Å². The van der Waals surface area contributed by atoms with E-state index in [1.54, 1.807) is 6.92 Å². The summed E-state index contributed by atoms with van der Waals surface area (Å²) in [5.41, 5.74) is 2.31. The van der Waals surface area contributed by atoms with Gasteiger partial charge in [-0.05, 0) is 40.8 Å². The van der Waals surface area contributed by atoms with Crippen LogP contribution in [0.4, 0.5) is 4.79 Å². The number of hydrogen-bond acceptors (Lipinski definition) is 3. The molecule has 0 bridgehead atoms. The fourth-order valence-corrected chi connectivity index (χ4v) is 4.62. The SMILES string of the molecule is C[C@@]1(c2cccc3ccccc23)NC(=O)N(CN2CC=C(c3ccccc3)CC2)C1=O. The number of carbonyl (C=O) groups is 2. The number of urea groups is 1. The number of rotatable bonds is 4. The maximum atomic E-state index is 13.4. The van der Waals surface area contributed by atoms with Crippen molar-refractivity contribution in [3.8, 4) is 0 Å². The number of nitrogens with zero attached hydrogens (tertiary/aromatic N) is 2. The summed E-state index contributed by atoms with van der Waals surface area (Å²) in [6.07, 6.45) is 3.09. The van der Waals surface area contributed by atoms with Gasteiger partial charge >= 0.3 is 6.03 Å². The van der Waals surface area contributed by atoms with Crippen molar-refractivity contribution in [1.29, 1.82) is 0 Å². The smallest absolute Gasteiger partial charge is 0.319 e. The molecule has 3 aromatic rings. The average molecular weight is 412 g/mol. The van der Waals surface area contributed by atoms with Crippen LogP contribution in [0.1, 0.15) is 24.5 Å². The van der Waals surface area contributed by atoms with E-state index in [1.165, 1.54) is 16.0 Å². The molecule has 0 spiro atoms. The summed E-state index contributed by atoms with van der Waals surface area (Å²) >= 11 is 0. The van der Waals surface area contributed by atoms with Crippen molar-refractivity contribution in [3.63, 3.8) is 0 Å². The van der Waals surface area contributed by atoms with Crippen molar-refractivity contribution in [2.45, 2.75) is 18.9 Å². The Morgan fingerprint density at radius 3 is 2.45 bits per heavy atom. The molecule has 3 amide bonds. The molecule has 0 unspecified atom stereocenters. The molecule has 5 rings (SSSR count). The van der Waals surface area contributed by atoms with Gasteiger partial charge in [0.1, 0.15) is 5.54 Å². The number of carbonyl (C=O) groups excluding carboxylic acids is 2. The summed E-state index contributed by atoms with van der Waals surface area (Å²) < 4.78 is 0. The van der Waals surface area contributed by atoms with Gasteiger partial charge in [0, 0.05) is 13.1 Å². The molecule has 0 saturated carbocycles. The highest BCUT2D eigenvalue weighted by Crippen LogP contribution is 2.34. The lowest BCUT2D eigenvalue weighted by molar-refractivity contribution is -0.132. The van der Waals surface area contributed by atoms with Gasteiger partial charge in [0.15, 0.2) is 0 Å². The third-order valence-electron chi connectivity index (χ3n) is 6.38. The summed E-state index contributed by atoms with van der Waals surface area (Å²) in [6.45, 7) is 3.62. The second kappa shape index (κ2) is 7.67. The Morgan fingerprint density at radius 1 is 0.935 bits per heavy atom. The lowest BCUT2D eigenvalue weighted by Gasteiger charge is -2.30. The summed E-state index contributed by atoms with van der Waals surface area (Å²) in [7, 11) is 0. The molecule has 1 N–H and O–H groups in total. The number of amides is 3. The zero-order valence-corrected chi connectivity index (χ0v) is 17.5. The van der Waals surface area contributed by atoms with E-state index in [2.05, 4.69) is 28.4 Å². The summed E-state index contributed by atoms with van der Waals surface area (Å²) in [5.74, 6) is -0.202. The van der Waals surface area contributed by atoms with Gasteiger partial charge in [-0.1, -0.05) is 78.9 Å². The Hall–Kier alpha value is -3.44. The normalized spacial score (nSPS) is 22.0. The quantitative estimate of drug-likeness (QED) is 0.650.